The maximum absolute atomic E-state index is 4.61. The number of aliphatic imine (C=N–C) groups is 1. The third-order valence-corrected chi connectivity index (χ3v) is 4.90. The molecule has 0 atom stereocenters. The van der Waals surface area contributed by atoms with Crippen molar-refractivity contribution >= 4 is 29.9 Å². The van der Waals surface area contributed by atoms with Gasteiger partial charge in [-0.05, 0) is 30.6 Å². The predicted octanol–water partition coefficient (Wildman–Crippen LogP) is 3.82. The number of guanidine groups is 1. The Balaban J connectivity index is 0.00000420. The first-order chi connectivity index (χ1) is 13.3. The quantitative estimate of drug-likeness (QED) is 0.332. The number of hydrogen-bond acceptors (Lipinski definition) is 3. The van der Waals surface area contributed by atoms with E-state index in [0.29, 0.717) is 5.92 Å². The van der Waals surface area contributed by atoms with E-state index in [4.69, 9.17) is 0 Å². The highest BCUT2D eigenvalue weighted by Gasteiger charge is 2.15. The van der Waals surface area contributed by atoms with E-state index in [9.17, 15) is 0 Å². The van der Waals surface area contributed by atoms with Crippen molar-refractivity contribution in [2.24, 2.45) is 12.0 Å². The summed E-state index contributed by atoms with van der Waals surface area (Å²) in [5.74, 6) is 1.29. The Morgan fingerprint density at radius 2 is 1.90 bits per heavy atom. The Bertz CT molecular complexity index is 783. The van der Waals surface area contributed by atoms with Crippen molar-refractivity contribution in [1.82, 2.24) is 24.9 Å². The number of aromatic nitrogens is 2. The molecule has 0 aliphatic carbocycles. The highest BCUT2D eigenvalue weighted by Crippen LogP contribution is 2.18. The van der Waals surface area contributed by atoms with Crippen molar-refractivity contribution < 1.29 is 0 Å². The van der Waals surface area contributed by atoms with Crippen LogP contribution in [0.25, 0.3) is 0 Å². The predicted molar refractivity (Wildman–Crippen MR) is 133 cm³/mol. The summed E-state index contributed by atoms with van der Waals surface area (Å²) in [6, 6.07) is 8.75. The van der Waals surface area contributed by atoms with Crippen molar-refractivity contribution in [1.29, 1.82) is 0 Å². The molecule has 7 heteroatoms. The van der Waals surface area contributed by atoms with Crippen LogP contribution in [0.5, 0.6) is 0 Å². The van der Waals surface area contributed by atoms with Crippen LogP contribution in [0.3, 0.4) is 0 Å². The minimum Gasteiger partial charge on any atom is -0.352 e. The number of halogens is 1. The van der Waals surface area contributed by atoms with Gasteiger partial charge in [0.25, 0.3) is 0 Å². The van der Waals surface area contributed by atoms with Gasteiger partial charge in [0.15, 0.2) is 5.96 Å². The third kappa shape index (κ3) is 7.62. The molecule has 6 nitrogen and oxygen atoms in total. The monoisotopic (exact) mass is 512 g/mol. The Kier molecular flexibility index (Phi) is 10.7. The Hall–Kier alpha value is -1.61. The lowest BCUT2D eigenvalue weighted by atomic mass is 10.1. The van der Waals surface area contributed by atoms with E-state index in [1.54, 1.807) is 0 Å². The van der Waals surface area contributed by atoms with E-state index in [1.807, 2.05) is 18.8 Å². The number of hydrogen-bond donors (Lipinski definition) is 1. The molecular weight excluding hydrogens is 475 g/mol. The highest BCUT2D eigenvalue weighted by atomic mass is 127. The van der Waals surface area contributed by atoms with Gasteiger partial charge < -0.3 is 15.1 Å². The molecule has 1 aromatic carbocycles. The zero-order chi connectivity index (χ0) is 20.7. The lowest BCUT2D eigenvalue weighted by Gasteiger charge is -2.22. The van der Waals surface area contributed by atoms with E-state index in [0.717, 1.165) is 37.8 Å². The number of aryl methyl sites for hydroxylation is 1. The first kappa shape index (κ1) is 25.4. The first-order valence-corrected chi connectivity index (χ1v) is 10.0. The zero-order valence-corrected chi connectivity index (χ0v) is 21.3. The minimum absolute atomic E-state index is 0. The van der Waals surface area contributed by atoms with Gasteiger partial charge >= 0.3 is 0 Å². The summed E-state index contributed by atoms with van der Waals surface area (Å²) in [6.07, 6.45) is 2.10. The molecule has 0 radical (unpaired) electrons. The first-order valence-electron chi connectivity index (χ1n) is 10.0. The van der Waals surface area contributed by atoms with Crippen LogP contribution in [0, 0.1) is 0 Å². The van der Waals surface area contributed by atoms with Crippen molar-refractivity contribution in [2.45, 2.75) is 46.3 Å². The van der Waals surface area contributed by atoms with Crippen LogP contribution < -0.4 is 5.32 Å². The second kappa shape index (κ2) is 12.2. The van der Waals surface area contributed by atoms with E-state index in [-0.39, 0.29) is 24.0 Å². The molecule has 2 aromatic rings. The van der Waals surface area contributed by atoms with E-state index in [2.05, 4.69) is 90.5 Å². The van der Waals surface area contributed by atoms with Crippen LogP contribution in [0.15, 0.2) is 35.5 Å². The van der Waals surface area contributed by atoms with E-state index >= 15 is 0 Å². The van der Waals surface area contributed by atoms with Crippen molar-refractivity contribution in [3.63, 3.8) is 0 Å². The maximum atomic E-state index is 4.61. The lowest BCUT2D eigenvalue weighted by molar-refractivity contribution is 0.345. The summed E-state index contributed by atoms with van der Waals surface area (Å²) in [5.41, 5.74) is 5.00. The second-order valence-corrected chi connectivity index (χ2v) is 7.78. The minimum atomic E-state index is 0. The standard InChI is InChI=1S/C22H36N6.HI/c1-8-26(5)14-19-11-9-10-18(12-19)13-24-22(23-4)27(6)15-20-16-28(7)25-21(20)17(2)3;/h9-12,16-17H,8,13-15H2,1-7H3,(H,23,24);1H. The Morgan fingerprint density at radius 3 is 2.52 bits per heavy atom. The average molecular weight is 512 g/mol. The molecule has 0 saturated heterocycles. The average Bonchev–Trinajstić information content (AvgIpc) is 3.03. The van der Waals surface area contributed by atoms with Gasteiger partial charge in [-0.15, -0.1) is 24.0 Å². The molecule has 0 saturated carbocycles. The molecular formula is C22H37IN6. The Labute approximate surface area is 193 Å². The van der Waals surface area contributed by atoms with Crippen molar-refractivity contribution in [2.75, 3.05) is 27.7 Å². The molecule has 0 fully saturated rings. The van der Waals surface area contributed by atoms with Crippen LogP contribution in [0.4, 0.5) is 0 Å². The van der Waals surface area contributed by atoms with Gasteiger partial charge in [-0.2, -0.15) is 5.10 Å². The van der Waals surface area contributed by atoms with Gasteiger partial charge in [0.05, 0.1) is 5.69 Å². The van der Waals surface area contributed by atoms with E-state index in [1.165, 1.54) is 16.7 Å². The van der Waals surface area contributed by atoms with Gasteiger partial charge in [0.1, 0.15) is 0 Å². The maximum Gasteiger partial charge on any atom is 0.193 e. The van der Waals surface area contributed by atoms with E-state index < -0.39 is 0 Å². The SMILES string of the molecule is CCN(C)Cc1cccc(CNC(=NC)N(C)Cc2cn(C)nc2C(C)C)c1.I. The summed E-state index contributed by atoms with van der Waals surface area (Å²) in [6.45, 7) is 10.1. The molecule has 162 valence electrons. The van der Waals surface area contributed by atoms with Gasteiger partial charge in [-0.25, -0.2) is 0 Å². The molecule has 0 bridgehead atoms. The smallest absolute Gasteiger partial charge is 0.193 e. The summed E-state index contributed by atoms with van der Waals surface area (Å²) in [4.78, 5) is 8.92. The van der Waals surface area contributed by atoms with Crippen LogP contribution in [0.2, 0.25) is 0 Å². The molecule has 1 aromatic heterocycles. The fourth-order valence-corrected chi connectivity index (χ4v) is 3.32. The summed E-state index contributed by atoms with van der Waals surface area (Å²) >= 11 is 0. The van der Waals surface area contributed by atoms with Crippen LogP contribution >= 0.6 is 24.0 Å². The number of benzene rings is 1. The molecule has 0 amide bonds. The topological polar surface area (TPSA) is 48.7 Å². The molecule has 2 rings (SSSR count). The lowest BCUT2D eigenvalue weighted by Crippen LogP contribution is -2.38. The van der Waals surface area contributed by atoms with Gasteiger partial charge in [-0.3, -0.25) is 9.67 Å². The van der Waals surface area contributed by atoms with Crippen LogP contribution in [-0.2, 0) is 26.7 Å². The molecule has 0 spiro atoms. The number of nitrogens with one attached hydrogen (secondary N) is 1. The second-order valence-electron chi connectivity index (χ2n) is 7.78. The molecule has 29 heavy (non-hydrogen) atoms. The molecule has 1 N–H and O–H groups in total. The van der Waals surface area contributed by atoms with Crippen molar-refractivity contribution in [3.05, 3.63) is 52.8 Å². The third-order valence-electron chi connectivity index (χ3n) is 4.90. The number of rotatable bonds is 8. The largest absolute Gasteiger partial charge is 0.352 e. The molecule has 0 aliphatic heterocycles. The van der Waals surface area contributed by atoms with Gasteiger partial charge in [-0.1, -0.05) is 45.0 Å². The Morgan fingerprint density at radius 1 is 1.21 bits per heavy atom. The molecule has 1 heterocycles. The number of nitrogens with zero attached hydrogens (tertiary/aromatic N) is 5. The summed E-state index contributed by atoms with van der Waals surface area (Å²) < 4.78 is 1.90. The normalized spacial score (nSPS) is 11.7. The summed E-state index contributed by atoms with van der Waals surface area (Å²) in [7, 11) is 8.02. The zero-order valence-electron chi connectivity index (χ0n) is 18.9. The van der Waals surface area contributed by atoms with Gasteiger partial charge in [0, 0.05) is 52.5 Å². The fraction of sp³-hybridized carbons (Fsp3) is 0.545. The van der Waals surface area contributed by atoms with Crippen LogP contribution in [0.1, 0.15) is 49.1 Å². The molecule has 0 aliphatic rings. The fourth-order valence-electron chi connectivity index (χ4n) is 3.32. The van der Waals surface area contributed by atoms with Gasteiger partial charge in [0.2, 0.25) is 0 Å². The summed E-state index contributed by atoms with van der Waals surface area (Å²) in [5, 5.41) is 8.10. The molecule has 0 unspecified atom stereocenters. The van der Waals surface area contributed by atoms with Crippen LogP contribution in [-0.4, -0.2) is 53.2 Å². The highest BCUT2D eigenvalue weighted by molar-refractivity contribution is 14.0. The van der Waals surface area contributed by atoms with Crippen molar-refractivity contribution in [3.8, 4) is 0 Å².